The lowest BCUT2D eigenvalue weighted by Gasteiger charge is -2.39. The minimum absolute atomic E-state index is 0.0984. The van der Waals surface area contributed by atoms with E-state index >= 15 is 0 Å². The van der Waals surface area contributed by atoms with Gasteiger partial charge in [0.2, 0.25) is 0 Å². The molecule has 0 bridgehead atoms. The number of nitrogens with zero attached hydrogens (tertiary/aromatic N) is 1. The topological polar surface area (TPSA) is 29.3 Å². The summed E-state index contributed by atoms with van der Waals surface area (Å²) < 4.78 is 38.1. The Labute approximate surface area is 100 Å². The van der Waals surface area contributed by atoms with E-state index < -0.39 is 12.1 Å². The van der Waals surface area contributed by atoms with E-state index in [-0.39, 0.29) is 13.1 Å². The van der Waals surface area contributed by atoms with E-state index in [0.29, 0.717) is 12.0 Å². The zero-order chi connectivity index (χ0) is 12.5. The molecule has 1 heterocycles. The van der Waals surface area contributed by atoms with Crippen LogP contribution in [0.5, 0.6) is 0 Å². The van der Waals surface area contributed by atoms with Crippen LogP contribution in [-0.2, 0) is 0 Å². The number of hydrogen-bond acceptors (Lipinski definition) is 2. The summed E-state index contributed by atoms with van der Waals surface area (Å²) in [5, 5.41) is 0. The fraction of sp³-hybridized carbons (Fsp3) is 1.00. The van der Waals surface area contributed by atoms with Crippen molar-refractivity contribution in [2.75, 3.05) is 19.6 Å². The van der Waals surface area contributed by atoms with Crippen LogP contribution >= 0.6 is 0 Å². The number of halogens is 3. The lowest BCUT2D eigenvalue weighted by Crippen LogP contribution is -2.48. The maximum atomic E-state index is 12.7. The van der Waals surface area contributed by atoms with Gasteiger partial charge in [0.1, 0.15) is 0 Å². The lowest BCUT2D eigenvalue weighted by molar-refractivity contribution is -0.178. The summed E-state index contributed by atoms with van der Waals surface area (Å²) in [4.78, 5) is 2.05. The molecule has 2 rings (SSSR count). The van der Waals surface area contributed by atoms with Crippen LogP contribution in [-0.4, -0.2) is 36.8 Å². The number of alkyl halides is 3. The highest BCUT2D eigenvalue weighted by Crippen LogP contribution is 2.38. The van der Waals surface area contributed by atoms with Gasteiger partial charge in [-0.2, -0.15) is 13.2 Å². The van der Waals surface area contributed by atoms with Crippen LogP contribution in [0.2, 0.25) is 0 Å². The molecule has 0 aromatic carbocycles. The number of fused-ring (bicyclic) bond motifs is 1. The lowest BCUT2D eigenvalue weighted by atomic mass is 9.91. The van der Waals surface area contributed by atoms with Crippen molar-refractivity contribution in [3.05, 3.63) is 0 Å². The second-order valence-electron chi connectivity index (χ2n) is 5.37. The Kier molecular flexibility index (Phi) is 3.98. The zero-order valence-corrected chi connectivity index (χ0v) is 10.0. The van der Waals surface area contributed by atoms with Gasteiger partial charge < -0.3 is 5.73 Å². The number of rotatable bonds is 3. The highest BCUT2D eigenvalue weighted by Gasteiger charge is 2.42. The summed E-state index contributed by atoms with van der Waals surface area (Å²) in [5.74, 6) is -0.725. The van der Waals surface area contributed by atoms with E-state index in [1.165, 1.54) is 19.3 Å². The molecule has 17 heavy (non-hydrogen) atoms. The highest BCUT2D eigenvalue weighted by atomic mass is 19.4. The molecule has 1 saturated heterocycles. The smallest absolute Gasteiger partial charge is 0.330 e. The number of piperidine rings is 1. The molecule has 3 unspecified atom stereocenters. The average molecular weight is 250 g/mol. The van der Waals surface area contributed by atoms with Gasteiger partial charge in [0, 0.05) is 19.1 Å². The Hall–Kier alpha value is -0.290. The predicted molar refractivity (Wildman–Crippen MR) is 60.5 cm³/mol. The maximum Gasteiger partial charge on any atom is 0.394 e. The van der Waals surface area contributed by atoms with E-state index in [0.717, 1.165) is 19.4 Å². The van der Waals surface area contributed by atoms with Crippen molar-refractivity contribution in [2.24, 2.45) is 17.6 Å². The molecule has 2 N–H and O–H groups in total. The monoisotopic (exact) mass is 250 g/mol. The maximum absolute atomic E-state index is 12.7. The Bertz CT molecular complexity index is 255. The first-order chi connectivity index (χ1) is 8.02. The Morgan fingerprint density at radius 2 is 1.88 bits per heavy atom. The van der Waals surface area contributed by atoms with Crippen LogP contribution in [0.3, 0.4) is 0 Å². The van der Waals surface area contributed by atoms with Gasteiger partial charge in [-0.15, -0.1) is 0 Å². The van der Waals surface area contributed by atoms with Gasteiger partial charge in [-0.1, -0.05) is 6.42 Å². The van der Waals surface area contributed by atoms with Crippen LogP contribution in [0.1, 0.15) is 32.1 Å². The van der Waals surface area contributed by atoms with E-state index in [1.807, 2.05) is 4.90 Å². The molecule has 2 nitrogen and oxygen atoms in total. The summed E-state index contributed by atoms with van der Waals surface area (Å²) in [7, 11) is 0. The van der Waals surface area contributed by atoms with Gasteiger partial charge in [0.05, 0.1) is 5.92 Å². The van der Waals surface area contributed by atoms with Crippen molar-refractivity contribution in [1.29, 1.82) is 0 Å². The molecule has 2 fully saturated rings. The summed E-state index contributed by atoms with van der Waals surface area (Å²) in [6.45, 7) is 0.617. The predicted octanol–water partition coefficient (Wildman–Crippen LogP) is 2.39. The third-order valence-corrected chi connectivity index (χ3v) is 4.31. The standard InChI is InChI=1S/C12H21F3N2/c13-12(14,15)10(7-16)8-17-6-2-4-9-3-1-5-11(9)17/h9-11H,1-8,16H2. The molecule has 0 aromatic heterocycles. The minimum atomic E-state index is -4.15. The fourth-order valence-electron chi connectivity index (χ4n) is 3.38. The second kappa shape index (κ2) is 5.14. The largest absolute Gasteiger partial charge is 0.394 e. The van der Waals surface area contributed by atoms with E-state index in [4.69, 9.17) is 5.73 Å². The summed E-state index contributed by atoms with van der Waals surface area (Å²) >= 11 is 0. The highest BCUT2D eigenvalue weighted by molar-refractivity contribution is 4.90. The molecule has 1 aliphatic carbocycles. The van der Waals surface area contributed by atoms with Crippen molar-refractivity contribution < 1.29 is 13.2 Å². The average Bonchev–Trinajstić information content (AvgIpc) is 2.72. The number of nitrogens with two attached hydrogens (primary N) is 1. The third kappa shape index (κ3) is 2.94. The quantitative estimate of drug-likeness (QED) is 0.833. The van der Waals surface area contributed by atoms with Crippen molar-refractivity contribution in [3.63, 3.8) is 0 Å². The van der Waals surface area contributed by atoms with Crippen molar-refractivity contribution in [3.8, 4) is 0 Å². The molecule has 0 aromatic rings. The molecule has 0 spiro atoms. The van der Waals surface area contributed by atoms with Crippen molar-refractivity contribution in [1.82, 2.24) is 4.90 Å². The second-order valence-corrected chi connectivity index (χ2v) is 5.37. The molecule has 0 radical (unpaired) electrons. The van der Waals surface area contributed by atoms with Crippen LogP contribution < -0.4 is 5.73 Å². The van der Waals surface area contributed by atoms with Crippen LogP contribution in [0.25, 0.3) is 0 Å². The molecule has 1 aliphatic heterocycles. The molecule has 2 aliphatic rings. The van der Waals surface area contributed by atoms with Crippen LogP contribution in [0.15, 0.2) is 0 Å². The first kappa shape index (κ1) is 13.1. The van der Waals surface area contributed by atoms with Crippen molar-refractivity contribution >= 4 is 0 Å². The SMILES string of the molecule is NCC(CN1CCCC2CCCC21)C(F)(F)F. The Balaban J connectivity index is 1.97. The van der Waals surface area contributed by atoms with Gasteiger partial charge in [0.25, 0.3) is 0 Å². The van der Waals surface area contributed by atoms with E-state index in [1.54, 1.807) is 0 Å². The molecule has 3 atom stereocenters. The van der Waals surface area contributed by atoms with Gasteiger partial charge in [-0.05, 0) is 38.1 Å². The van der Waals surface area contributed by atoms with Gasteiger partial charge >= 0.3 is 6.18 Å². The number of hydrogen-bond donors (Lipinski definition) is 1. The molecule has 0 amide bonds. The van der Waals surface area contributed by atoms with Crippen LogP contribution in [0.4, 0.5) is 13.2 Å². The third-order valence-electron chi connectivity index (χ3n) is 4.31. The van der Waals surface area contributed by atoms with Gasteiger partial charge in [-0.3, -0.25) is 4.90 Å². The number of likely N-dealkylation sites (tertiary alicyclic amines) is 1. The van der Waals surface area contributed by atoms with Crippen LogP contribution in [0, 0.1) is 11.8 Å². The van der Waals surface area contributed by atoms with Gasteiger partial charge in [0.15, 0.2) is 0 Å². The van der Waals surface area contributed by atoms with E-state index in [9.17, 15) is 13.2 Å². The first-order valence-electron chi connectivity index (χ1n) is 6.53. The minimum Gasteiger partial charge on any atom is -0.330 e. The Morgan fingerprint density at radius 1 is 1.18 bits per heavy atom. The zero-order valence-electron chi connectivity index (χ0n) is 10.0. The molecule has 100 valence electrons. The molecule has 5 heteroatoms. The Morgan fingerprint density at radius 3 is 2.53 bits per heavy atom. The molecule has 1 saturated carbocycles. The molecular formula is C12H21F3N2. The summed E-state index contributed by atoms with van der Waals surface area (Å²) in [5.41, 5.74) is 5.27. The summed E-state index contributed by atoms with van der Waals surface area (Å²) in [6.07, 6.45) is 1.52. The fourth-order valence-corrected chi connectivity index (χ4v) is 3.38. The molecular weight excluding hydrogens is 229 g/mol. The van der Waals surface area contributed by atoms with E-state index in [2.05, 4.69) is 0 Å². The summed E-state index contributed by atoms with van der Waals surface area (Å²) in [6, 6.07) is 0.389. The first-order valence-corrected chi connectivity index (χ1v) is 6.53. The van der Waals surface area contributed by atoms with Crippen molar-refractivity contribution in [2.45, 2.75) is 44.3 Å². The van der Waals surface area contributed by atoms with Gasteiger partial charge in [-0.25, -0.2) is 0 Å². The normalized spacial score (nSPS) is 32.5.